The van der Waals surface area contributed by atoms with Gasteiger partial charge in [-0.1, -0.05) is 24.2 Å². The molecule has 3 N–H and O–H groups in total. The van der Waals surface area contributed by atoms with Gasteiger partial charge in [0.15, 0.2) is 5.65 Å². The first-order valence-corrected chi connectivity index (χ1v) is 12.1. The topological polar surface area (TPSA) is 163 Å². The van der Waals surface area contributed by atoms with E-state index in [2.05, 4.69) is 40.9 Å². The molecule has 0 spiro atoms. The van der Waals surface area contributed by atoms with Crippen molar-refractivity contribution >= 4 is 33.0 Å². The second-order valence-corrected chi connectivity index (χ2v) is 9.96. The summed E-state index contributed by atoms with van der Waals surface area (Å²) in [4.78, 5) is 24.7. The number of carbonyl (C=O) groups is 1. The zero-order valence-electron chi connectivity index (χ0n) is 19.2. The number of likely N-dealkylation sites (N-methyl/N-ethyl adjacent to an activating group) is 1. The van der Waals surface area contributed by atoms with Crippen molar-refractivity contribution in [3.63, 3.8) is 0 Å². The summed E-state index contributed by atoms with van der Waals surface area (Å²) in [6.07, 6.45) is 1.40. The minimum atomic E-state index is -3.86. The molecule has 0 aliphatic carbocycles. The molecule has 13 heteroatoms. The van der Waals surface area contributed by atoms with Crippen molar-refractivity contribution in [1.82, 2.24) is 39.9 Å². The van der Waals surface area contributed by atoms with Crippen molar-refractivity contribution in [2.75, 3.05) is 18.9 Å². The Morgan fingerprint density at radius 1 is 1.15 bits per heavy atom. The van der Waals surface area contributed by atoms with Crippen molar-refractivity contribution in [3.05, 3.63) is 52.5 Å². The first-order valence-electron chi connectivity index (χ1n) is 10.6. The largest absolute Gasteiger partial charge is 0.327 e. The van der Waals surface area contributed by atoms with Crippen LogP contribution < -0.4 is 5.32 Å². The van der Waals surface area contributed by atoms with Crippen molar-refractivity contribution in [2.45, 2.75) is 38.5 Å². The summed E-state index contributed by atoms with van der Waals surface area (Å²) in [5, 5.41) is 15.0. The lowest BCUT2D eigenvalue weighted by atomic mass is 9.99. The molecule has 4 rings (SSSR count). The first kappa shape index (κ1) is 23.4. The van der Waals surface area contributed by atoms with Crippen LogP contribution in [0.3, 0.4) is 0 Å². The number of rotatable bonds is 8. The summed E-state index contributed by atoms with van der Waals surface area (Å²) in [5.74, 6) is 0.367. The number of fused-ring (bicyclic) bond motifs is 1. The molecule has 12 nitrogen and oxygen atoms in total. The minimum Gasteiger partial charge on any atom is -0.327 e. The van der Waals surface area contributed by atoms with Crippen LogP contribution in [0.1, 0.15) is 35.1 Å². The van der Waals surface area contributed by atoms with E-state index in [0.717, 1.165) is 50.1 Å². The van der Waals surface area contributed by atoms with Crippen LogP contribution in [0.25, 0.3) is 11.2 Å². The average molecular weight is 484 g/mol. The summed E-state index contributed by atoms with van der Waals surface area (Å²) in [5.41, 5.74) is 5.61. The van der Waals surface area contributed by atoms with E-state index in [0.29, 0.717) is 6.42 Å². The quantitative estimate of drug-likeness (QED) is 0.339. The predicted molar refractivity (Wildman–Crippen MR) is 125 cm³/mol. The molecular formula is C21H25N9O3S. The number of tetrazole rings is 1. The molecule has 0 bridgehead atoms. The minimum absolute atomic E-state index is 0.0409. The number of anilines is 1. The molecule has 0 unspecified atom stereocenters. The van der Waals surface area contributed by atoms with E-state index in [-0.39, 0.29) is 10.8 Å². The van der Waals surface area contributed by atoms with Crippen molar-refractivity contribution < 1.29 is 13.2 Å². The Morgan fingerprint density at radius 2 is 1.88 bits per heavy atom. The van der Waals surface area contributed by atoms with Crippen LogP contribution in [0.4, 0.5) is 5.95 Å². The highest BCUT2D eigenvalue weighted by Crippen LogP contribution is 2.24. The maximum absolute atomic E-state index is 12.9. The maximum Gasteiger partial charge on any atom is 0.246 e. The Kier molecular flexibility index (Phi) is 6.39. The molecular weight excluding hydrogens is 458 g/mol. The van der Waals surface area contributed by atoms with Gasteiger partial charge in [-0.2, -0.15) is 4.31 Å². The van der Waals surface area contributed by atoms with Crippen LogP contribution in [0.15, 0.2) is 29.2 Å². The Balaban J connectivity index is 1.50. The van der Waals surface area contributed by atoms with Gasteiger partial charge in [-0.05, 0) is 59.5 Å². The van der Waals surface area contributed by atoms with E-state index in [9.17, 15) is 13.2 Å². The van der Waals surface area contributed by atoms with Gasteiger partial charge in [0.1, 0.15) is 11.3 Å². The molecule has 0 aliphatic rings. The molecule has 178 valence electrons. The number of aromatic nitrogens is 7. The molecule has 1 aromatic carbocycles. The molecule has 3 aromatic heterocycles. The van der Waals surface area contributed by atoms with E-state index in [1.54, 1.807) is 24.3 Å². The third-order valence-electron chi connectivity index (χ3n) is 5.57. The molecule has 0 saturated carbocycles. The number of hydrogen-bond acceptors (Lipinski definition) is 8. The smallest absolute Gasteiger partial charge is 0.246 e. The number of aryl methyl sites for hydroxylation is 3. The SMILES string of the molecule is CCc1nc2c(C)c(Cc3ccc(S(=O)(=O)N(C)CC(=O)Nc4nnn[nH]4)cc3)c(C)nc2[nH]1. The fourth-order valence-corrected chi connectivity index (χ4v) is 4.79. The van der Waals surface area contributed by atoms with Gasteiger partial charge in [0.2, 0.25) is 21.9 Å². The lowest BCUT2D eigenvalue weighted by molar-refractivity contribution is -0.116. The number of amides is 1. The summed E-state index contributed by atoms with van der Waals surface area (Å²) in [7, 11) is -2.53. The number of hydrogen-bond donors (Lipinski definition) is 3. The summed E-state index contributed by atoms with van der Waals surface area (Å²) >= 11 is 0. The zero-order chi connectivity index (χ0) is 24.5. The molecule has 0 saturated heterocycles. The Bertz CT molecular complexity index is 1430. The van der Waals surface area contributed by atoms with Crippen LogP contribution >= 0.6 is 0 Å². The number of imidazole rings is 1. The number of benzene rings is 1. The van der Waals surface area contributed by atoms with Crippen molar-refractivity contribution in [1.29, 1.82) is 0 Å². The predicted octanol–water partition coefficient (Wildman–Crippen LogP) is 1.50. The standard InChI is InChI=1S/C21H25N9O3S/c1-5-17-23-19-12(2)16(13(3)22-20(19)24-17)10-14-6-8-15(9-7-14)34(32,33)30(4)11-18(31)25-21-26-28-29-27-21/h6-9H,5,10-11H2,1-4H3,(H,22,23,24)(H2,25,26,27,28,29,31). The Labute approximate surface area is 196 Å². The number of nitrogens with one attached hydrogen (secondary N) is 3. The van der Waals surface area contributed by atoms with Gasteiger partial charge in [-0.25, -0.2) is 23.5 Å². The molecule has 0 aliphatic heterocycles. The summed E-state index contributed by atoms with van der Waals surface area (Å²) in [6.45, 7) is 5.63. The number of H-pyrrole nitrogens is 2. The molecule has 34 heavy (non-hydrogen) atoms. The second-order valence-electron chi connectivity index (χ2n) is 7.91. The van der Waals surface area contributed by atoms with Crippen LogP contribution in [0.5, 0.6) is 0 Å². The van der Waals surface area contributed by atoms with Crippen LogP contribution in [0.2, 0.25) is 0 Å². The van der Waals surface area contributed by atoms with Crippen LogP contribution in [0, 0.1) is 13.8 Å². The summed E-state index contributed by atoms with van der Waals surface area (Å²) < 4.78 is 26.8. The number of nitrogens with zero attached hydrogens (tertiary/aromatic N) is 6. The lowest BCUT2D eigenvalue weighted by Crippen LogP contribution is -2.35. The van der Waals surface area contributed by atoms with E-state index in [1.165, 1.54) is 7.05 Å². The van der Waals surface area contributed by atoms with Crippen molar-refractivity contribution in [3.8, 4) is 0 Å². The fourth-order valence-electron chi connectivity index (χ4n) is 3.67. The second kappa shape index (κ2) is 9.27. The number of sulfonamides is 1. The van der Waals surface area contributed by atoms with Crippen LogP contribution in [-0.2, 0) is 27.7 Å². The Morgan fingerprint density at radius 3 is 2.53 bits per heavy atom. The van der Waals surface area contributed by atoms with Gasteiger partial charge >= 0.3 is 0 Å². The van der Waals surface area contributed by atoms with Gasteiger partial charge in [0.25, 0.3) is 0 Å². The van der Waals surface area contributed by atoms with Gasteiger partial charge in [0.05, 0.1) is 11.4 Å². The third-order valence-corrected chi connectivity index (χ3v) is 7.39. The molecule has 0 radical (unpaired) electrons. The monoisotopic (exact) mass is 483 g/mol. The van der Waals surface area contributed by atoms with E-state index in [1.807, 2.05) is 20.8 Å². The average Bonchev–Trinajstić information content (AvgIpc) is 3.46. The summed E-state index contributed by atoms with van der Waals surface area (Å²) in [6, 6.07) is 6.62. The molecule has 3 heterocycles. The highest BCUT2D eigenvalue weighted by molar-refractivity contribution is 7.89. The van der Waals surface area contributed by atoms with E-state index in [4.69, 9.17) is 0 Å². The van der Waals surface area contributed by atoms with Gasteiger partial charge in [0, 0.05) is 19.2 Å². The first-order chi connectivity index (χ1) is 16.2. The highest BCUT2D eigenvalue weighted by Gasteiger charge is 2.23. The third kappa shape index (κ3) is 4.65. The van der Waals surface area contributed by atoms with Gasteiger partial charge in [-0.15, -0.1) is 0 Å². The number of carbonyl (C=O) groups excluding carboxylic acids is 1. The van der Waals surface area contributed by atoms with Gasteiger partial charge in [-0.3, -0.25) is 10.1 Å². The molecule has 1 amide bonds. The molecule has 0 fully saturated rings. The maximum atomic E-state index is 12.9. The Hall–Kier alpha value is -3.71. The zero-order valence-corrected chi connectivity index (χ0v) is 20.1. The van der Waals surface area contributed by atoms with Crippen LogP contribution in [-0.4, -0.2) is 67.8 Å². The lowest BCUT2D eigenvalue weighted by Gasteiger charge is -2.17. The van der Waals surface area contributed by atoms with E-state index >= 15 is 0 Å². The number of pyridine rings is 1. The normalized spacial score (nSPS) is 11.9. The molecule has 4 aromatic rings. The highest BCUT2D eigenvalue weighted by atomic mass is 32.2. The van der Waals surface area contributed by atoms with Crippen molar-refractivity contribution in [2.24, 2.45) is 0 Å². The molecule has 0 atom stereocenters. The van der Waals surface area contributed by atoms with Gasteiger partial charge < -0.3 is 4.98 Å². The fraction of sp³-hybridized carbons (Fsp3) is 0.333. The van der Waals surface area contributed by atoms with E-state index < -0.39 is 22.5 Å². The number of aromatic amines is 2.